The van der Waals surface area contributed by atoms with Crippen LogP contribution in [0.2, 0.25) is 0 Å². The number of alkyl halides is 3. The normalized spacial score (nSPS) is 11.4. The summed E-state index contributed by atoms with van der Waals surface area (Å²) in [5.74, 6) is -1.42. The average Bonchev–Trinajstić information content (AvgIpc) is 2.70. The van der Waals surface area contributed by atoms with E-state index in [0.29, 0.717) is 16.3 Å². The number of nitrogens with zero attached hydrogens (tertiary/aromatic N) is 1. The summed E-state index contributed by atoms with van der Waals surface area (Å²) in [4.78, 5) is 15.1. The summed E-state index contributed by atoms with van der Waals surface area (Å²) in [5.41, 5.74) is 0.897. The summed E-state index contributed by atoms with van der Waals surface area (Å²) in [6.07, 6.45) is -4.74. The van der Waals surface area contributed by atoms with Crippen LogP contribution in [0, 0.1) is 6.92 Å². The van der Waals surface area contributed by atoms with E-state index >= 15 is 0 Å². The second-order valence-electron chi connectivity index (χ2n) is 3.81. The topological polar surface area (TPSA) is 59.4 Å². The summed E-state index contributed by atoms with van der Waals surface area (Å²) >= 11 is 0.966. The molecule has 0 radical (unpaired) electrons. The number of carboxylic acids is 1. The average molecular weight is 303 g/mol. The van der Waals surface area contributed by atoms with E-state index in [1.54, 1.807) is 6.92 Å². The van der Waals surface area contributed by atoms with Gasteiger partial charge in [-0.2, -0.15) is 0 Å². The quantitative estimate of drug-likeness (QED) is 0.939. The Bertz CT molecular complexity index is 634. The second-order valence-corrected chi connectivity index (χ2v) is 4.81. The van der Waals surface area contributed by atoms with Crippen LogP contribution in [0.4, 0.5) is 13.2 Å². The van der Waals surface area contributed by atoms with E-state index in [-0.39, 0.29) is 10.6 Å². The predicted octanol–water partition coefficient (Wildman–Crippen LogP) is 3.72. The number of hydrogen-bond acceptors (Lipinski definition) is 4. The molecule has 2 aromatic rings. The van der Waals surface area contributed by atoms with E-state index in [1.807, 2.05) is 0 Å². The largest absolute Gasteiger partial charge is 0.573 e. The van der Waals surface area contributed by atoms with E-state index in [2.05, 4.69) is 9.72 Å². The van der Waals surface area contributed by atoms with Crippen LogP contribution in [0.3, 0.4) is 0 Å². The van der Waals surface area contributed by atoms with Gasteiger partial charge in [-0.3, -0.25) is 0 Å². The molecule has 0 saturated heterocycles. The molecule has 0 aliphatic carbocycles. The lowest BCUT2D eigenvalue weighted by atomic mass is 10.2. The second kappa shape index (κ2) is 5.12. The van der Waals surface area contributed by atoms with Crippen molar-refractivity contribution in [1.82, 2.24) is 4.98 Å². The number of aromatic carboxylic acids is 1. The molecular formula is C12H8F3NO3S. The van der Waals surface area contributed by atoms with Crippen molar-refractivity contribution in [2.45, 2.75) is 13.3 Å². The van der Waals surface area contributed by atoms with E-state index in [0.717, 1.165) is 23.5 Å². The first kappa shape index (κ1) is 14.3. The van der Waals surface area contributed by atoms with E-state index < -0.39 is 12.3 Å². The van der Waals surface area contributed by atoms with Gasteiger partial charge in [-0.1, -0.05) is 0 Å². The van der Waals surface area contributed by atoms with Crippen LogP contribution in [0.15, 0.2) is 24.3 Å². The molecule has 1 aromatic heterocycles. The Labute approximate surface area is 115 Å². The smallest absolute Gasteiger partial charge is 0.477 e. The van der Waals surface area contributed by atoms with Gasteiger partial charge >= 0.3 is 12.3 Å². The Morgan fingerprint density at radius 1 is 1.30 bits per heavy atom. The Morgan fingerprint density at radius 3 is 2.35 bits per heavy atom. The first-order valence-corrected chi connectivity index (χ1v) is 6.15. The Hall–Kier alpha value is -2.09. The van der Waals surface area contributed by atoms with Gasteiger partial charge in [-0.05, 0) is 31.2 Å². The number of aryl methyl sites for hydroxylation is 1. The molecule has 1 heterocycles. The van der Waals surface area contributed by atoms with Gasteiger partial charge in [0.05, 0.1) is 5.69 Å². The third-order valence-electron chi connectivity index (χ3n) is 2.33. The van der Waals surface area contributed by atoms with Crippen LogP contribution < -0.4 is 4.74 Å². The molecule has 8 heteroatoms. The summed E-state index contributed by atoms with van der Waals surface area (Å²) < 4.78 is 39.8. The maximum Gasteiger partial charge on any atom is 0.573 e. The minimum atomic E-state index is -4.74. The van der Waals surface area contributed by atoms with Gasteiger partial charge in [0, 0.05) is 5.56 Å². The highest BCUT2D eigenvalue weighted by Gasteiger charge is 2.31. The summed E-state index contributed by atoms with van der Waals surface area (Å²) in [5, 5.41) is 9.35. The number of halogens is 3. The van der Waals surface area contributed by atoms with Crippen LogP contribution in [0.5, 0.6) is 5.75 Å². The number of carboxylic acid groups (broad SMARTS) is 1. The van der Waals surface area contributed by atoms with Crippen molar-refractivity contribution in [2.75, 3.05) is 0 Å². The van der Waals surface area contributed by atoms with Crippen LogP contribution in [0.25, 0.3) is 10.6 Å². The first-order chi connectivity index (χ1) is 9.26. The van der Waals surface area contributed by atoms with Crippen LogP contribution >= 0.6 is 11.3 Å². The fraction of sp³-hybridized carbons (Fsp3) is 0.167. The first-order valence-electron chi connectivity index (χ1n) is 5.33. The van der Waals surface area contributed by atoms with Crippen LogP contribution in [-0.2, 0) is 0 Å². The SMILES string of the molecule is Cc1nc(-c2ccc(OC(F)(F)F)cc2)sc1C(=O)O. The van der Waals surface area contributed by atoms with Gasteiger partial charge in [-0.15, -0.1) is 24.5 Å². The summed E-state index contributed by atoms with van der Waals surface area (Å²) in [6, 6.07) is 5.09. The molecule has 0 atom stereocenters. The van der Waals surface area contributed by atoms with Crippen molar-refractivity contribution in [2.24, 2.45) is 0 Å². The number of carbonyl (C=O) groups is 1. The van der Waals surface area contributed by atoms with Gasteiger partial charge in [0.25, 0.3) is 0 Å². The standard InChI is InChI=1S/C12H8F3NO3S/c1-6-9(11(17)18)20-10(16-6)7-2-4-8(5-3-7)19-12(13,14)15/h2-5H,1H3,(H,17,18). The van der Waals surface area contributed by atoms with Gasteiger partial charge in [-0.25, -0.2) is 9.78 Å². The molecule has 20 heavy (non-hydrogen) atoms. The number of benzene rings is 1. The van der Waals surface area contributed by atoms with Crippen LogP contribution in [-0.4, -0.2) is 22.4 Å². The lowest BCUT2D eigenvalue weighted by molar-refractivity contribution is -0.274. The number of ether oxygens (including phenoxy) is 1. The minimum Gasteiger partial charge on any atom is -0.477 e. The lowest BCUT2D eigenvalue weighted by Crippen LogP contribution is -2.16. The molecule has 2 rings (SSSR count). The van der Waals surface area contributed by atoms with E-state index in [4.69, 9.17) is 5.11 Å². The zero-order valence-electron chi connectivity index (χ0n) is 10.1. The van der Waals surface area contributed by atoms with Crippen LogP contribution in [0.1, 0.15) is 15.4 Å². The number of hydrogen-bond donors (Lipinski definition) is 1. The maximum absolute atomic E-state index is 12.0. The fourth-order valence-electron chi connectivity index (χ4n) is 1.52. The van der Waals surface area contributed by atoms with Crippen molar-refractivity contribution in [3.05, 3.63) is 34.8 Å². The molecule has 1 N–H and O–H groups in total. The molecule has 0 saturated carbocycles. The summed E-state index contributed by atoms with van der Waals surface area (Å²) in [6.45, 7) is 1.56. The van der Waals surface area contributed by atoms with Gasteiger partial charge < -0.3 is 9.84 Å². The fourth-order valence-corrected chi connectivity index (χ4v) is 2.43. The lowest BCUT2D eigenvalue weighted by Gasteiger charge is -2.08. The molecule has 0 fully saturated rings. The third-order valence-corrected chi connectivity index (χ3v) is 3.52. The molecule has 0 spiro atoms. The van der Waals surface area contributed by atoms with Crippen molar-refractivity contribution < 1.29 is 27.8 Å². The molecule has 1 aromatic carbocycles. The highest BCUT2D eigenvalue weighted by Crippen LogP contribution is 2.30. The third kappa shape index (κ3) is 3.27. The van der Waals surface area contributed by atoms with Crippen molar-refractivity contribution in [1.29, 1.82) is 0 Å². The molecule has 0 aliphatic rings. The highest BCUT2D eigenvalue weighted by atomic mass is 32.1. The number of rotatable bonds is 3. The zero-order valence-corrected chi connectivity index (χ0v) is 10.9. The Morgan fingerprint density at radius 2 is 1.90 bits per heavy atom. The van der Waals surface area contributed by atoms with Gasteiger partial charge in [0.2, 0.25) is 0 Å². The number of thiazole rings is 1. The van der Waals surface area contributed by atoms with Gasteiger partial charge in [0.15, 0.2) is 0 Å². The van der Waals surface area contributed by atoms with Crippen molar-refractivity contribution in [3.63, 3.8) is 0 Å². The van der Waals surface area contributed by atoms with Gasteiger partial charge in [0.1, 0.15) is 15.6 Å². The van der Waals surface area contributed by atoms with E-state index in [9.17, 15) is 18.0 Å². The number of aromatic nitrogens is 1. The summed E-state index contributed by atoms with van der Waals surface area (Å²) in [7, 11) is 0. The highest BCUT2D eigenvalue weighted by molar-refractivity contribution is 7.17. The molecule has 0 unspecified atom stereocenters. The molecular weight excluding hydrogens is 295 g/mol. The van der Waals surface area contributed by atoms with Crippen molar-refractivity contribution in [3.8, 4) is 16.3 Å². The molecule has 4 nitrogen and oxygen atoms in total. The molecule has 0 amide bonds. The Balaban J connectivity index is 2.26. The minimum absolute atomic E-state index is 0.107. The predicted molar refractivity (Wildman–Crippen MR) is 65.9 cm³/mol. The van der Waals surface area contributed by atoms with E-state index in [1.165, 1.54) is 12.1 Å². The van der Waals surface area contributed by atoms with Crippen molar-refractivity contribution >= 4 is 17.3 Å². The maximum atomic E-state index is 12.0. The monoisotopic (exact) mass is 303 g/mol. The Kier molecular flexibility index (Phi) is 3.67. The molecule has 0 bridgehead atoms. The zero-order chi connectivity index (χ0) is 14.9. The molecule has 106 valence electrons. The molecule has 0 aliphatic heterocycles.